The molecule has 0 radical (unpaired) electrons. The normalized spacial score (nSPS) is 26.7. The van der Waals surface area contributed by atoms with E-state index in [1.165, 1.54) is 25.7 Å². The topological polar surface area (TPSA) is 41.3 Å². The molecule has 0 aromatic carbocycles. The molecule has 0 bridgehead atoms. The number of nitrogens with zero attached hydrogens (tertiary/aromatic N) is 2. The molecule has 0 amide bonds. The number of aromatic nitrogens is 1. The summed E-state index contributed by atoms with van der Waals surface area (Å²) in [5.74, 6) is 2.42. The lowest BCUT2D eigenvalue weighted by atomic mass is 9.89. The molecule has 2 aliphatic rings. The Morgan fingerprint density at radius 3 is 2.80 bits per heavy atom. The fraction of sp³-hybridized carbons (Fsp3) is 0.812. The summed E-state index contributed by atoms with van der Waals surface area (Å²) in [4.78, 5) is 6.98. The first-order chi connectivity index (χ1) is 9.58. The van der Waals surface area contributed by atoms with Crippen molar-refractivity contribution in [3.63, 3.8) is 0 Å². The molecule has 1 unspecified atom stereocenters. The Bertz CT molecular complexity index is 448. The van der Waals surface area contributed by atoms with Gasteiger partial charge in [0.2, 0.25) is 5.89 Å². The maximum atomic E-state index is 5.69. The average Bonchev–Trinajstić information content (AvgIpc) is 2.99. The van der Waals surface area contributed by atoms with Crippen molar-refractivity contribution in [1.82, 2.24) is 15.2 Å². The minimum atomic E-state index is 0.354. The second-order valence-corrected chi connectivity index (χ2v) is 6.95. The van der Waals surface area contributed by atoms with E-state index in [4.69, 9.17) is 4.42 Å². The number of hydrogen-bond donors (Lipinski definition) is 1. The van der Waals surface area contributed by atoms with Crippen LogP contribution in [0.1, 0.15) is 51.2 Å². The molecular formula is C16H27N3O. The van der Waals surface area contributed by atoms with Gasteiger partial charge < -0.3 is 9.73 Å². The average molecular weight is 277 g/mol. The molecule has 1 saturated heterocycles. The van der Waals surface area contributed by atoms with E-state index in [-0.39, 0.29) is 0 Å². The Balaban J connectivity index is 1.75. The van der Waals surface area contributed by atoms with E-state index in [1.807, 2.05) is 13.1 Å². The van der Waals surface area contributed by atoms with Gasteiger partial charge in [0.25, 0.3) is 0 Å². The molecule has 3 rings (SSSR count). The van der Waals surface area contributed by atoms with Crippen LogP contribution in [-0.4, -0.2) is 34.6 Å². The molecule has 112 valence electrons. The number of oxazole rings is 1. The van der Waals surface area contributed by atoms with Crippen LogP contribution in [0.3, 0.4) is 0 Å². The van der Waals surface area contributed by atoms with Gasteiger partial charge >= 0.3 is 0 Å². The maximum Gasteiger partial charge on any atom is 0.208 e. The Morgan fingerprint density at radius 2 is 2.20 bits per heavy atom. The van der Waals surface area contributed by atoms with E-state index in [9.17, 15) is 0 Å². The van der Waals surface area contributed by atoms with Crippen LogP contribution in [0, 0.1) is 12.8 Å². The van der Waals surface area contributed by atoms with Crippen molar-refractivity contribution in [3.8, 4) is 0 Å². The first-order valence-electron chi connectivity index (χ1n) is 7.98. The number of hydrogen-bond acceptors (Lipinski definition) is 4. The molecule has 20 heavy (non-hydrogen) atoms. The Morgan fingerprint density at radius 1 is 1.45 bits per heavy atom. The van der Waals surface area contributed by atoms with Gasteiger partial charge in [0.15, 0.2) is 0 Å². The van der Waals surface area contributed by atoms with Crippen LogP contribution >= 0.6 is 0 Å². The van der Waals surface area contributed by atoms with Crippen LogP contribution in [0.2, 0.25) is 0 Å². The van der Waals surface area contributed by atoms with E-state index in [0.29, 0.717) is 17.5 Å². The molecule has 1 aromatic rings. The summed E-state index contributed by atoms with van der Waals surface area (Å²) in [7, 11) is 0. The largest absolute Gasteiger partial charge is 0.445 e. The second-order valence-electron chi connectivity index (χ2n) is 6.95. The van der Waals surface area contributed by atoms with Gasteiger partial charge in [-0.05, 0) is 25.7 Å². The highest BCUT2D eigenvalue weighted by Gasteiger charge is 2.42. The molecule has 1 aliphatic heterocycles. The molecule has 1 spiro atoms. The van der Waals surface area contributed by atoms with Crippen molar-refractivity contribution in [2.75, 3.05) is 13.1 Å². The third-order valence-electron chi connectivity index (χ3n) is 5.00. The SMILES string of the molecule is Cc1cnc(CN2CC3(CCCC3)NCC2C(C)C)o1. The summed E-state index contributed by atoms with van der Waals surface area (Å²) >= 11 is 0. The fourth-order valence-electron chi connectivity index (χ4n) is 3.88. The molecule has 1 aliphatic carbocycles. The summed E-state index contributed by atoms with van der Waals surface area (Å²) in [6, 6.07) is 0.577. The van der Waals surface area contributed by atoms with E-state index in [2.05, 4.69) is 29.0 Å². The number of rotatable bonds is 3. The van der Waals surface area contributed by atoms with Gasteiger partial charge in [-0.1, -0.05) is 26.7 Å². The zero-order valence-corrected chi connectivity index (χ0v) is 13.0. The maximum absolute atomic E-state index is 5.69. The Labute approximate surface area is 121 Å². The molecule has 2 fully saturated rings. The molecule has 2 heterocycles. The molecule has 1 N–H and O–H groups in total. The standard InChI is InChI=1S/C16H27N3O/c1-12(2)14-9-18-16(6-4-5-7-16)11-19(14)10-15-17-8-13(3)20-15/h8,12,14,18H,4-7,9-11H2,1-3H3. The third-order valence-corrected chi connectivity index (χ3v) is 5.00. The van der Waals surface area contributed by atoms with Gasteiger partial charge in [-0.25, -0.2) is 4.98 Å². The summed E-state index contributed by atoms with van der Waals surface area (Å²) in [6.45, 7) is 9.67. The van der Waals surface area contributed by atoms with Crippen LogP contribution in [0.15, 0.2) is 10.6 Å². The lowest BCUT2D eigenvalue weighted by Gasteiger charge is -2.47. The molecule has 1 aromatic heterocycles. The zero-order valence-electron chi connectivity index (χ0n) is 13.0. The monoisotopic (exact) mass is 277 g/mol. The van der Waals surface area contributed by atoms with E-state index >= 15 is 0 Å². The zero-order chi connectivity index (χ0) is 14.2. The van der Waals surface area contributed by atoms with Crippen molar-refractivity contribution < 1.29 is 4.42 Å². The predicted octanol–water partition coefficient (Wildman–Crippen LogP) is 2.73. The van der Waals surface area contributed by atoms with Crippen LogP contribution in [0.5, 0.6) is 0 Å². The quantitative estimate of drug-likeness (QED) is 0.922. The first-order valence-corrected chi connectivity index (χ1v) is 7.98. The number of piperazine rings is 1. The number of aryl methyl sites for hydroxylation is 1. The smallest absolute Gasteiger partial charge is 0.208 e. The minimum Gasteiger partial charge on any atom is -0.445 e. The van der Waals surface area contributed by atoms with Crippen LogP contribution in [0.4, 0.5) is 0 Å². The van der Waals surface area contributed by atoms with Crippen molar-refractivity contribution >= 4 is 0 Å². The number of nitrogens with one attached hydrogen (secondary N) is 1. The Kier molecular flexibility index (Phi) is 3.87. The van der Waals surface area contributed by atoms with Gasteiger partial charge in [-0.3, -0.25) is 4.90 Å². The van der Waals surface area contributed by atoms with Gasteiger partial charge in [0, 0.05) is 24.7 Å². The van der Waals surface area contributed by atoms with Crippen molar-refractivity contribution in [1.29, 1.82) is 0 Å². The summed E-state index contributed by atoms with van der Waals surface area (Å²) in [5, 5.41) is 3.85. The summed E-state index contributed by atoms with van der Waals surface area (Å²) in [6.07, 6.45) is 7.20. The molecule has 4 nitrogen and oxygen atoms in total. The molecule has 1 saturated carbocycles. The molecule has 4 heteroatoms. The van der Waals surface area contributed by atoms with E-state index in [1.54, 1.807) is 0 Å². The van der Waals surface area contributed by atoms with Gasteiger partial charge in [0.1, 0.15) is 5.76 Å². The van der Waals surface area contributed by atoms with E-state index in [0.717, 1.165) is 31.3 Å². The first kappa shape index (κ1) is 14.1. The lowest BCUT2D eigenvalue weighted by molar-refractivity contribution is 0.0440. The fourth-order valence-corrected chi connectivity index (χ4v) is 3.88. The van der Waals surface area contributed by atoms with Crippen molar-refractivity contribution in [2.45, 2.75) is 64.6 Å². The van der Waals surface area contributed by atoms with Crippen LogP contribution in [-0.2, 0) is 6.54 Å². The van der Waals surface area contributed by atoms with Crippen LogP contribution < -0.4 is 5.32 Å². The molecular weight excluding hydrogens is 250 g/mol. The van der Waals surface area contributed by atoms with Crippen molar-refractivity contribution in [3.05, 3.63) is 17.8 Å². The predicted molar refractivity (Wildman–Crippen MR) is 79.5 cm³/mol. The van der Waals surface area contributed by atoms with E-state index < -0.39 is 0 Å². The highest BCUT2D eigenvalue weighted by atomic mass is 16.4. The van der Waals surface area contributed by atoms with Gasteiger partial charge in [-0.15, -0.1) is 0 Å². The Hall–Kier alpha value is -0.870. The summed E-state index contributed by atoms with van der Waals surface area (Å²) < 4.78 is 5.69. The highest BCUT2D eigenvalue weighted by Crippen LogP contribution is 2.34. The van der Waals surface area contributed by atoms with Gasteiger partial charge in [0.05, 0.1) is 12.7 Å². The van der Waals surface area contributed by atoms with Gasteiger partial charge in [-0.2, -0.15) is 0 Å². The van der Waals surface area contributed by atoms with Crippen molar-refractivity contribution in [2.24, 2.45) is 5.92 Å². The summed E-state index contributed by atoms with van der Waals surface area (Å²) in [5.41, 5.74) is 0.354. The van der Waals surface area contributed by atoms with Crippen LogP contribution in [0.25, 0.3) is 0 Å². The lowest BCUT2D eigenvalue weighted by Crippen LogP contribution is -2.64. The highest BCUT2D eigenvalue weighted by molar-refractivity contribution is 5.02. The minimum absolute atomic E-state index is 0.354. The second kappa shape index (κ2) is 5.49. The third kappa shape index (κ3) is 2.77. The molecule has 1 atom stereocenters.